The number of nitro benzene ring substituents is 2. The highest BCUT2D eigenvalue weighted by atomic mass is 16.6. The molecule has 0 N–H and O–H groups in total. The molecule has 0 bridgehead atoms. The van der Waals surface area contributed by atoms with Crippen molar-refractivity contribution < 1.29 is 57.4 Å². The Morgan fingerprint density at radius 1 is 0.679 bits per heavy atom. The molecule has 18 heteroatoms. The third-order valence-electron chi connectivity index (χ3n) is 8.19. The summed E-state index contributed by atoms with van der Waals surface area (Å²) in [5.41, 5.74) is -0.680. The topological polar surface area (TPSA) is 216 Å². The zero-order valence-electron chi connectivity index (χ0n) is 30.3. The molecule has 2 heterocycles. The van der Waals surface area contributed by atoms with Crippen LogP contribution in [0.2, 0.25) is 0 Å². The highest BCUT2D eigenvalue weighted by Gasteiger charge is 2.41. The Labute approximate surface area is 305 Å². The van der Waals surface area contributed by atoms with Gasteiger partial charge in [0, 0.05) is 44.5 Å². The lowest BCUT2D eigenvalue weighted by Gasteiger charge is -2.23. The van der Waals surface area contributed by atoms with E-state index >= 15 is 0 Å². The van der Waals surface area contributed by atoms with E-state index in [9.17, 15) is 39.4 Å². The number of benzene rings is 2. The van der Waals surface area contributed by atoms with Gasteiger partial charge in [0.05, 0.1) is 63.6 Å². The fourth-order valence-electron chi connectivity index (χ4n) is 5.74. The number of methoxy groups -OCH3 is 4. The van der Waals surface area contributed by atoms with Gasteiger partial charge in [-0.1, -0.05) is 38.2 Å². The largest absolute Gasteiger partial charge is 0.493 e. The highest BCUT2D eigenvalue weighted by molar-refractivity contribution is 6.02. The van der Waals surface area contributed by atoms with Gasteiger partial charge in [-0.2, -0.15) is 0 Å². The zero-order chi connectivity index (χ0) is 39.6. The van der Waals surface area contributed by atoms with Crippen LogP contribution >= 0.6 is 0 Å². The van der Waals surface area contributed by atoms with Crippen LogP contribution in [0.4, 0.5) is 11.4 Å². The summed E-state index contributed by atoms with van der Waals surface area (Å²) in [5.74, 6) is -3.05. The van der Waals surface area contributed by atoms with Gasteiger partial charge < -0.3 is 38.2 Å². The second-order valence-electron chi connectivity index (χ2n) is 11.5. The third kappa shape index (κ3) is 9.19. The Morgan fingerprint density at radius 2 is 1.04 bits per heavy atom. The molecule has 286 valence electrons. The first-order valence-corrected chi connectivity index (χ1v) is 16.3. The summed E-state index contributed by atoms with van der Waals surface area (Å²) in [6.07, 6.45) is 0.462. The van der Waals surface area contributed by atoms with E-state index in [1.807, 2.05) is 13.8 Å². The van der Waals surface area contributed by atoms with Crippen LogP contribution in [0.15, 0.2) is 48.6 Å². The molecule has 2 aromatic carbocycles. The Balaban J connectivity index is 0.00000372. The molecular formula is C35H42N4O14. The summed E-state index contributed by atoms with van der Waals surface area (Å²) < 4.78 is 31.7. The molecule has 2 fully saturated rings. The van der Waals surface area contributed by atoms with Crippen molar-refractivity contribution in [2.45, 2.75) is 45.2 Å². The normalized spacial score (nSPS) is 16.3. The number of likely N-dealkylation sites (tertiary alicyclic amines) is 2. The van der Waals surface area contributed by atoms with Crippen molar-refractivity contribution in [1.29, 1.82) is 0 Å². The molecule has 0 spiro atoms. The molecule has 2 aliphatic rings. The van der Waals surface area contributed by atoms with Gasteiger partial charge in [0.25, 0.3) is 23.2 Å². The molecule has 4 rings (SSSR count). The lowest BCUT2D eigenvalue weighted by Crippen LogP contribution is -2.41. The van der Waals surface area contributed by atoms with Crippen molar-refractivity contribution >= 4 is 35.1 Å². The van der Waals surface area contributed by atoms with Gasteiger partial charge in [-0.15, -0.1) is 0 Å². The average molecular weight is 743 g/mol. The average Bonchev–Trinajstić information content (AvgIpc) is 3.75. The van der Waals surface area contributed by atoms with Gasteiger partial charge in [0.15, 0.2) is 23.0 Å². The van der Waals surface area contributed by atoms with Crippen LogP contribution < -0.4 is 18.9 Å². The summed E-state index contributed by atoms with van der Waals surface area (Å²) in [6.45, 7) is 11.5. The van der Waals surface area contributed by atoms with Gasteiger partial charge in [-0.25, -0.2) is 9.59 Å². The van der Waals surface area contributed by atoms with E-state index < -0.39 is 57.1 Å². The number of carbonyl (C=O) groups excluding carboxylic acids is 4. The van der Waals surface area contributed by atoms with E-state index in [1.54, 1.807) is 0 Å². The number of esters is 2. The molecule has 2 aliphatic heterocycles. The van der Waals surface area contributed by atoms with Crippen LogP contribution in [-0.4, -0.2) is 110 Å². The number of ether oxygens (including phenoxy) is 6. The summed E-state index contributed by atoms with van der Waals surface area (Å²) >= 11 is 0. The van der Waals surface area contributed by atoms with E-state index in [4.69, 9.17) is 28.4 Å². The minimum absolute atomic E-state index is 0.00563. The predicted octanol–water partition coefficient (Wildman–Crippen LogP) is 4.28. The van der Waals surface area contributed by atoms with Crippen LogP contribution in [0, 0.1) is 20.2 Å². The van der Waals surface area contributed by atoms with Gasteiger partial charge in [-0.3, -0.25) is 29.8 Å². The Hall–Kier alpha value is -6.20. The number of nitro groups is 2. The van der Waals surface area contributed by atoms with Gasteiger partial charge in [0.1, 0.15) is 23.2 Å². The first-order chi connectivity index (χ1) is 25.3. The van der Waals surface area contributed by atoms with Crippen LogP contribution in [0.1, 0.15) is 53.8 Å². The lowest BCUT2D eigenvalue weighted by molar-refractivity contribution is -0.385. The predicted molar refractivity (Wildman–Crippen MR) is 187 cm³/mol. The molecule has 0 radical (unpaired) electrons. The van der Waals surface area contributed by atoms with Crippen LogP contribution in [0.5, 0.6) is 23.0 Å². The second-order valence-corrected chi connectivity index (χ2v) is 11.5. The molecular weight excluding hydrogens is 700 g/mol. The van der Waals surface area contributed by atoms with Crippen molar-refractivity contribution in [3.63, 3.8) is 0 Å². The molecule has 18 nitrogen and oxygen atoms in total. The molecule has 0 saturated carbocycles. The Kier molecular flexibility index (Phi) is 14.3. The maximum absolute atomic E-state index is 13.4. The number of nitrogens with zero attached hydrogens (tertiary/aromatic N) is 4. The molecule has 0 aromatic heterocycles. The van der Waals surface area contributed by atoms with Gasteiger partial charge in [0.2, 0.25) is 0 Å². The lowest BCUT2D eigenvalue weighted by atomic mass is 10.1. The Morgan fingerprint density at radius 3 is 1.34 bits per heavy atom. The van der Waals surface area contributed by atoms with Crippen LogP contribution in [0.3, 0.4) is 0 Å². The van der Waals surface area contributed by atoms with Crippen molar-refractivity contribution in [2.75, 3.05) is 54.7 Å². The summed E-state index contributed by atoms with van der Waals surface area (Å²) in [4.78, 5) is 76.2. The van der Waals surface area contributed by atoms with Crippen LogP contribution in [-0.2, 0) is 19.1 Å². The SMILES string of the molecule is C=C1CC(C(=O)OC)N(C(=O)c2cc(OC)c(OCCCOc3cc([N+](=O)[O-])c(C(=O)N4CC(=C)C[C@H]4C(=O)OC)cc3OC)cc2[N+](=O)[O-])C1.CC. The number of hydrogen-bond acceptors (Lipinski definition) is 14. The zero-order valence-corrected chi connectivity index (χ0v) is 30.3. The summed E-state index contributed by atoms with van der Waals surface area (Å²) in [7, 11) is 4.91. The first-order valence-electron chi connectivity index (χ1n) is 16.3. The molecule has 0 aliphatic carbocycles. The van der Waals surface area contributed by atoms with E-state index in [2.05, 4.69) is 13.2 Å². The minimum atomic E-state index is -0.988. The van der Waals surface area contributed by atoms with E-state index in [1.165, 1.54) is 28.4 Å². The third-order valence-corrected chi connectivity index (χ3v) is 8.19. The maximum atomic E-state index is 13.4. The van der Waals surface area contributed by atoms with Gasteiger partial charge in [-0.05, 0) is 0 Å². The molecule has 2 aromatic rings. The van der Waals surface area contributed by atoms with E-state index in [0.29, 0.717) is 11.1 Å². The first kappa shape index (κ1) is 41.2. The number of rotatable bonds is 14. The van der Waals surface area contributed by atoms with Crippen molar-refractivity contribution in [2.24, 2.45) is 0 Å². The molecule has 2 amide bonds. The number of hydrogen-bond donors (Lipinski definition) is 0. The van der Waals surface area contributed by atoms with E-state index in [-0.39, 0.29) is 79.7 Å². The number of amides is 2. The summed E-state index contributed by atoms with van der Waals surface area (Å²) in [6, 6.07) is 2.40. The van der Waals surface area contributed by atoms with Crippen molar-refractivity contribution in [3.05, 3.63) is 79.9 Å². The molecule has 2 saturated heterocycles. The smallest absolute Gasteiger partial charge is 0.328 e. The monoisotopic (exact) mass is 742 g/mol. The second kappa shape index (κ2) is 18.3. The van der Waals surface area contributed by atoms with Gasteiger partial charge >= 0.3 is 11.9 Å². The maximum Gasteiger partial charge on any atom is 0.328 e. The molecule has 1 unspecified atom stereocenters. The fraction of sp³-hybridized carbons (Fsp3) is 0.429. The standard InChI is InChI=1S/C33H36N4O14.C2H6/c1-18-10-24(32(40)48-5)34(16-18)30(38)20-12-26(46-3)28(14-22(20)36(42)43)50-8-7-9-51-29-15-23(37(44)45)21(13-27(29)47-4)31(39)35-17-19(2)11-25(35)33(41)49-6;1-2/h12-15,24-25H,1-2,7-11,16-17H2,3-6H3;1-2H3/t24-,25?;/m0./s1. The molecule has 53 heavy (non-hydrogen) atoms. The van der Waals surface area contributed by atoms with Crippen LogP contribution in [0.25, 0.3) is 0 Å². The van der Waals surface area contributed by atoms with E-state index in [0.717, 1.165) is 34.1 Å². The number of carbonyl (C=O) groups is 4. The quantitative estimate of drug-likeness (QED) is 0.0868. The molecule has 2 atom stereocenters. The highest BCUT2D eigenvalue weighted by Crippen LogP contribution is 2.39. The Bertz CT molecular complexity index is 1660. The minimum Gasteiger partial charge on any atom is -0.493 e. The fourth-order valence-corrected chi connectivity index (χ4v) is 5.74. The van der Waals surface area contributed by atoms with Crippen molar-refractivity contribution in [1.82, 2.24) is 9.80 Å². The summed E-state index contributed by atoms with van der Waals surface area (Å²) in [5, 5.41) is 24.0. The van der Waals surface area contributed by atoms with Crippen molar-refractivity contribution in [3.8, 4) is 23.0 Å².